The highest BCUT2D eigenvalue weighted by atomic mass is 35.5. The van der Waals surface area contributed by atoms with Crippen LogP contribution >= 0.6 is 46.5 Å². The molecule has 0 amide bonds. The Morgan fingerprint density at radius 3 is 2.31 bits per heavy atom. The highest BCUT2D eigenvalue weighted by Crippen LogP contribution is 2.55. The number of benzene rings is 3. The maximum Gasteiger partial charge on any atom is 0.191 e. The SMILES string of the molecule is Nc1nc(SCc2ccccc2Cl)nc2sc3c(c12)C[C@@H](c1ccccc1)S[C@H]3c1ccccc1. The number of hydrogen-bond acceptors (Lipinski definition) is 6. The van der Waals surface area contributed by atoms with E-state index in [0.29, 0.717) is 22.0 Å². The van der Waals surface area contributed by atoms with Crippen molar-refractivity contribution in [3.8, 4) is 0 Å². The van der Waals surface area contributed by atoms with E-state index in [1.165, 1.54) is 21.6 Å². The van der Waals surface area contributed by atoms with Crippen molar-refractivity contribution in [2.24, 2.45) is 0 Å². The Balaban J connectivity index is 1.41. The topological polar surface area (TPSA) is 51.8 Å². The first-order valence-corrected chi connectivity index (χ1v) is 14.5. The summed E-state index contributed by atoms with van der Waals surface area (Å²) in [5, 5.41) is 3.06. The molecule has 0 saturated carbocycles. The van der Waals surface area contributed by atoms with Crippen LogP contribution in [0.5, 0.6) is 0 Å². The number of nitrogens with two attached hydrogens (primary N) is 1. The minimum Gasteiger partial charge on any atom is -0.383 e. The molecule has 0 saturated heterocycles. The van der Waals surface area contributed by atoms with Gasteiger partial charge in [0, 0.05) is 20.9 Å². The Morgan fingerprint density at radius 2 is 1.57 bits per heavy atom. The van der Waals surface area contributed by atoms with Crippen LogP contribution in [0.1, 0.15) is 37.6 Å². The molecule has 174 valence electrons. The Kier molecular flexibility index (Phi) is 6.46. The molecule has 3 nitrogen and oxygen atoms in total. The fraction of sp³-hybridized carbons (Fsp3) is 0.143. The summed E-state index contributed by atoms with van der Waals surface area (Å²) in [6.45, 7) is 0. The summed E-state index contributed by atoms with van der Waals surface area (Å²) in [4.78, 5) is 12.0. The summed E-state index contributed by atoms with van der Waals surface area (Å²) in [6.07, 6.45) is 0.924. The number of thioether (sulfide) groups is 2. The first kappa shape index (κ1) is 22.9. The van der Waals surface area contributed by atoms with Gasteiger partial charge in [0.05, 0.1) is 10.6 Å². The van der Waals surface area contributed by atoms with Crippen molar-refractivity contribution in [3.63, 3.8) is 0 Å². The molecular weight excluding hydrogens is 510 g/mol. The monoisotopic (exact) mass is 531 g/mol. The summed E-state index contributed by atoms with van der Waals surface area (Å²) in [7, 11) is 0. The van der Waals surface area contributed by atoms with Gasteiger partial charge in [0.15, 0.2) is 5.16 Å². The summed E-state index contributed by atoms with van der Waals surface area (Å²) < 4.78 is 0. The minimum absolute atomic E-state index is 0.239. The second-order valence-corrected chi connectivity index (χ2v) is 12.1. The van der Waals surface area contributed by atoms with Gasteiger partial charge in [0.1, 0.15) is 10.6 Å². The standard InChI is InChI=1S/C28H22ClN3S3/c29-21-14-8-7-13-19(21)16-33-28-31-26(30)23-20-15-22(17-9-3-1-4-10-17)34-24(18-11-5-2-6-12-18)25(20)35-27(23)32-28/h1-14,22,24H,15-16H2,(H2,30,31,32)/t22-,24-/m0/s1. The zero-order chi connectivity index (χ0) is 23.8. The lowest BCUT2D eigenvalue weighted by Gasteiger charge is -2.30. The highest BCUT2D eigenvalue weighted by molar-refractivity contribution is 8.00. The molecule has 1 aliphatic rings. The number of anilines is 1. The van der Waals surface area contributed by atoms with E-state index in [9.17, 15) is 0 Å². The van der Waals surface area contributed by atoms with Crippen molar-refractivity contribution in [2.45, 2.75) is 27.8 Å². The van der Waals surface area contributed by atoms with Crippen LogP contribution in [-0.4, -0.2) is 9.97 Å². The smallest absolute Gasteiger partial charge is 0.191 e. The summed E-state index contributed by atoms with van der Waals surface area (Å²) in [5.41, 5.74) is 11.6. The number of halogens is 1. The molecule has 6 rings (SSSR count). The number of nitrogen functional groups attached to an aromatic ring is 1. The van der Waals surface area contributed by atoms with Gasteiger partial charge in [-0.15, -0.1) is 23.1 Å². The lowest BCUT2D eigenvalue weighted by molar-refractivity contribution is 0.893. The fourth-order valence-corrected chi connectivity index (χ4v) is 8.71. The molecule has 5 aromatic rings. The average molecular weight is 532 g/mol. The number of nitrogens with zero attached hydrogens (tertiary/aromatic N) is 2. The molecule has 35 heavy (non-hydrogen) atoms. The van der Waals surface area contributed by atoms with E-state index in [2.05, 4.69) is 60.7 Å². The maximum atomic E-state index is 6.60. The van der Waals surface area contributed by atoms with E-state index in [4.69, 9.17) is 27.3 Å². The Hall–Kier alpha value is -2.51. The first-order valence-electron chi connectivity index (χ1n) is 11.4. The van der Waals surface area contributed by atoms with Crippen LogP contribution in [-0.2, 0) is 12.2 Å². The molecule has 2 atom stereocenters. The van der Waals surface area contributed by atoms with Gasteiger partial charge in [-0.1, -0.05) is 102 Å². The van der Waals surface area contributed by atoms with Crippen LogP contribution in [0, 0.1) is 0 Å². The fourth-order valence-electron chi connectivity index (χ4n) is 4.50. The quantitative estimate of drug-likeness (QED) is 0.182. The number of fused-ring (bicyclic) bond motifs is 3. The van der Waals surface area contributed by atoms with Gasteiger partial charge in [0.25, 0.3) is 0 Å². The highest BCUT2D eigenvalue weighted by Gasteiger charge is 2.34. The van der Waals surface area contributed by atoms with Gasteiger partial charge in [-0.25, -0.2) is 9.97 Å². The van der Waals surface area contributed by atoms with Gasteiger partial charge < -0.3 is 5.73 Å². The van der Waals surface area contributed by atoms with Gasteiger partial charge in [-0.05, 0) is 34.7 Å². The van der Waals surface area contributed by atoms with Crippen molar-refractivity contribution in [1.29, 1.82) is 0 Å². The summed E-state index contributed by atoms with van der Waals surface area (Å²) >= 11 is 11.7. The molecule has 0 aliphatic carbocycles. The molecule has 0 radical (unpaired) electrons. The number of aromatic nitrogens is 2. The number of rotatable bonds is 5. The Labute approximate surface area is 222 Å². The lowest BCUT2D eigenvalue weighted by Crippen LogP contribution is -2.12. The Bertz CT molecular complexity index is 1490. The third-order valence-electron chi connectivity index (χ3n) is 6.21. The van der Waals surface area contributed by atoms with Gasteiger partial charge >= 0.3 is 0 Å². The molecule has 2 N–H and O–H groups in total. The third kappa shape index (κ3) is 4.56. The predicted octanol–water partition coefficient (Wildman–Crippen LogP) is 8.34. The van der Waals surface area contributed by atoms with Gasteiger partial charge in [-0.3, -0.25) is 0 Å². The second-order valence-electron chi connectivity index (χ2n) is 8.43. The molecule has 2 aromatic heterocycles. The van der Waals surface area contributed by atoms with E-state index in [0.717, 1.165) is 27.2 Å². The summed E-state index contributed by atoms with van der Waals surface area (Å²) in [6, 6.07) is 29.4. The molecule has 3 aromatic carbocycles. The molecule has 0 unspecified atom stereocenters. The summed E-state index contributed by atoms with van der Waals surface area (Å²) in [5.74, 6) is 1.27. The van der Waals surface area contributed by atoms with Crippen molar-refractivity contribution in [3.05, 3.63) is 117 Å². The number of hydrogen-bond donors (Lipinski definition) is 1. The van der Waals surface area contributed by atoms with Gasteiger partial charge in [0.2, 0.25) is 0 Å². The molecule has 0 fully saturated rings. The van der Waals surface area contributed by atoms with Crippen LogP contribution in [0.25, 0.3) is 10.2 Å². The molecule has 0 bridgehead atoms. The maximum absolute atomic E-state index is 6.60. The normalized spacial score (nSPS) is 17.4. The van der Waals surface area contributed by atoms with Crippen molar-refractivity contribution < 1.29 is 0 Å². The van der Waals surface area contributed by atoms with Crippen LogP contribution in [0.4, 0.5) is 5.82 Å². The van der Waals surface area contributed by atoms with E-state index in [1.807, 2.05) is 36.0 Å². The van der Waals surface area contributed by atoms with E-state index < -0.39 is 0 Å². The van der Waals surface area contributed by atoms with Crippen LogP contribution in [0.2, 0.25) is 5.02 Å². The molecule has 0 spiro atoms. The molecule has 7 heteroatoms. The van der Waals surface area contributed by atoms with Crippen molar-refractivity contribution >= 4 is 62.5 Å². The van der Waals surface area contributed by atoms with Crippen molar-refractivity contribution in [1.82, 2.24) is 9.97 Å². The van der Waals surface area contributed by atoms with Crippen LogP contribution in [0.3, 0.4) is 0 Å². The Morgan fingerprint density at radius 1 is 0.886 bits per heavy atom. The molecular formula is C28H22ClN3S3. The zero-order valence-corrected chi connectivity index (χ0v) is 21.9. The first-order chi connectivity index (χ1) is 17.2. The molecule has 1 aliphatic heterocycles. The van der Waals surface area contributed by atoms with E-state index in [1.54, 1.807) is 23.1 Å². The van der Waals surface area contributed by atoms with E-state index >= 15 is 0 Å². The van der Waals surface area contributed by atoms with Gasteiger partial charge in [-0.2, -0.15) is 0 Å². The number of thiophene rings is 1. The predicted molar refractivity (Wildman–Crippen MR) is 152 cm³/mol. The molecule has 3 heterocycles. The zero-order valence-electron chi connectivity index (χ0n) is 18.7. The lowest BCUT2D eigenvalue weighted by atomic mass is 9.98. The largest absolute Gasteiger partial charge is 0.383 e. The minimum atomic E-state index is 0.239. The van der Waals surface area contributed by atoms with E-state index in [-0.39, 0.29) is 5.25 Å². The second kappa shape index (κ2) is 9.86. The average Bonchev–Trinajstić information content (AvgIpc) is 3.27. The van der Waals surface area contributed by atoms with Crippen LogP contribution < -0.4 is 5.73 Å². The van der Waals surface area contributed by atoms with Crippen molar-refractivity contribution in [2.75, 3.05) is 5.73 Å². The van der Waals surface area contributed by atoms with Crippen LogP contribution in [0.15, 0.2) is 90.1 Å². The third-order valence-corrected chi connectivity index (χ3v) is 10.4.